The Labute approximate surface area is 134 Å². The first kappa shape index (κ1) is 17.1. The highest BCUT2D eigenvalue weighted by atomic mass is 19.1. The van der Waals surface area contributed by atoms with Crippen LogP contribution in [0.3, 0.4) is 0 Å². The molecule has 122 valence electrons. The van der Waals surface area contributed by atoms with Crippen molar-refractivity contribution >= 4 is 5.91 Å². The fourth-order valence-corrected chi connectivity index (χ4v) is 2.38. The first-order valence-corrected chi connectivity index (χ1v) is 7.46. The zero-order valence-corrected chi connectivity index (χ0v) is 13.0. The average molecular weight is 318 g/mol. The van der Waals surface area contributed by atoms with Crippen LogP contribution in [0.5, 0.6) is 0 Å². The van der Waals surface area contributed by atoms with Crippen molar-refractivity contribution in [1.29, 1.82) is 0 Å². The van der Waals surface area contributed by atoms with Crippen molar-refractivity contribution < 1.29 is 13.6 Å². The van der Waals surface area contributed by atoms with E-state index in [4.69, 9.17) is 5.73 Å². The van der Waals surface area contributed by atoms with Gasteiger partial charge < -0.3 is 10.6 Å². The van der Waals surface area contributed by atoms with E-state index in [-0.39, 0.29) is 24.1 Å². The van der Waals surface area contributed by atoms with Crippen LogP contribution in [0.4, 0.5) is 8.78 Å². The summed E-state index contributed by atoms with van der Waals surface area (Å²) in [6.45, 7) is 0.152. The van der Waals surface area contributed by atoms with Crippen LogP contribution in [0, 0.1) is 11.6 Å². The van der Waals surface area contributed by atoms with Crippen LogP contribution in [-0.2, 0) is 17.8 Å². The lowest BCUT2D eigenvalue weighted by Crippen LogP contribution is -2.41. The predicted molar refractivity (Wildman–Crippen MR) is 85.6 cm³/mol. The zero-order chi connectivity index (χ0) is 16.8. The van der Waals surface area contributed by atoms with Gasteiger partial charge in [-0.25, -0.2) is 8.78 Å². The number of benzene rings is 2. The van der Waals surface area contributed by atoms with Crippen molar-refractivity contribution in [2.24, 2.45) is 5.73 Å². The molecule has 2 aromatic rings. The standard InChI is InChI=1S/C18H20F2N2O/c1-22(12-14-7-3-5-9-16(14)20)18(23)17(21)11-10-13-6-2-4-8-15(13)19/h2-9,17H,10-12,21H2,1H3. The van der Waals surface area contributed by atoms with Gasteiger partial charge in [0.2, 0.25) is 5.91 Å². The molecule has 0 saturated carbocycles. The number of carbonyl (C=O) groups is 1. The van der Waals surface area contributed by atoms with E-state index < -0.39 is 6.04 Å². The van der Waals surface area contributed by atoms with Gasteiger partial charge in [0.1, 0.15) is 11.6 Å². The van der Waals surface area contributed by atoms with Gasteiger partial charge >= 0.3 is 0 Å². The molecule has 0 fully saturated rings. The van der Waals surface area contributed by atoms with Crippen LogP contribution < -0.4 is 5.73 Å². The van der Waals surface area contributed by atoms with Crippen molar-refractivity contribution in [2.75, 3.05) is 7.05 Å². The molecule has 23 heavy (non-hydrogen) atoms. The number of rotatable bonds is 6. The van der Waals surface area contributed by atoms with E-state index in [1.165, 1.54) is 17.0 Å². The molecule has 5 heteroatoms. The summed E-state index contributed by atoms with van der Waals surface area (Å²) in [5, 5.41) is 0. The fraction of sp³-hybridized carbons (Fsp3) is 0.278. The van der Waals surface area contributed by atoms with Gasteiger partial charge in [-0.1, -0.05) is 36.4 Å². The van der Waals surface area contributed by atoms with E-state index in [1.807, 2.05) is 0 Å². The molecule has 2 aromatic carbocycles. The molecule has 0 radical (unpaired) electrons. The Balaban J connectivity index is 1.91. The summed E-state index contributed by atoms with van der Waals surface area (Å²) in [7, 11) is 1.58. The van der Waals surface area contributed by atoms with Crippen LogP contribution in [0.15, 0.2) is 48.5 Å². The second-order valence-corrected chi connectivity index (χ2v) is 5.52. The van der Waals surface area contributed by atoms with Crippen molar-refractivity contribution in [1.82, 2.24) is 4.90 Å². The lowest BCUT2D eigenvalue weighted by Gasteiger charge is -2.21. The lowest BCUT2D eigenvalue weighted by atomic mass is 10.0. The zero-order valence-electron chi connectivity index (χ0n) is 13.0. The molecule has 0 aliphatic heterocycles. The summed E-state index contributed by atoms with van der Waals surface area (Å²) in [6.07, 6.45) is 0.717. The molecule has 0 saturated heterocycles. The molecule has 1 atom stereocenters. The third-order valence-corrected chi connectivity index (χ3v) is 3.74. The number of hydrogen-bond donors (Lipinski definition) is 1. The minimum Gasteiger partial charge on any atom is -0.340 e. The summed E-state index contributed by atoms with van der Waals surface area (Å²) in [5.74, 6) is -0.941. The second kappa shape index (κ2) is 7.83. The normalized spacial score (nSPS) is 12.0. The number of likely N-dealkylation sites (N-methyl/N-ethyl adjacent to an activating group) is 1. The Hall–Kier alpha value is -2.27. The Morgan fingerprint density at radius 1 is 1.04 bits per heavy atom. The SMILES string of the molecule is CN(Cc1ccccc1F)C(=O)C(N)CCc1ccccc1F. The monoisotopic (exact) mass is 318 g/mol. The van der Waals surface area contributed by atoms with Gasteiger partial charge in [0.15, 0.2) is 0 Å². The van der Waals surface area contributed by atoms with E-state index in [0.717, 1.165) is 0 Å². The number of hydrogen-bond acceptors (Lipinski definition) is 2. The Morgan fingerprint density at radius 2 is 1.57 bits per heavy atom. The molecule has 1 amide bonds. The average Bonchev–Trinajstić information content (AvgIpc) is 2.55. The molecule has 0 heterocycles. The largest absolute Gasteiger partial charge is 0.340 e. The summed E-state index contributed by atoms with van der Waals surface area (Å²) >= 11 is 0. The summed E-state index contributed by atoms with van der Waals surface area (Å²) in [5.41, 5.74) is 6.87. The van der Waals surface area contributed by atoms with E-state index in [9.17, 15) is 13.6 Å². The molecule has 0 aliphatic rings. The molecule has 0 spiro atoms. The molecule has 2 N–H and O–H groups in total. The number of nitrogens with zero attached hydrogens (tertiary/aromatic N) is 1. The maximum Gasteiger partial charge on any atom is 0.239 e. The van der Waals surface area contributed by atoms with Crippen LogP contribution in [0.25, 0.3) is 0 Å². The van der Waals surface area contributed by atoms with Gasteiger partial charge in [-0.3, -0.25) is 4.79 Å². The van der Waals surface area contributed by atoms with Crippen molar-refractivity contribution in [3.8, 4) is 0 Å². The molecule has 0 bridgehead atoms. The molecular formula is C18H20F2N2O. The molecular weight excluding hydrogens is 298 g/mol. The Kier molecular flexibility index (Phi) is 5.82. The Morgan fingerprint density at radius 3 is 2.13 bits per heavy atom. The van der Waals surface area contributed by atoms with Crippen LogP contribution in [-0.4, -0.2) is 23.9 Å². The fourth-order valence-electron chi connectivity index (χ4n) is 2.38. The van der Waals surface area contributed by atoms with Crippen LogP contribution in [0.2, 0.25) is 0 Å². The maximum atomic E-state index is 13.6. The lowest BCUT2D eigenvalue weighted by molar-refractivity contribution is -0.132. The van der Waals surface area contributed by atoms with Crippen molar-refractivity contribution in [2.45, 2.75) is 25.4 Å². The number of amides is 1. The van der Waals surface area contributed by atoms with Gasteiger partial charge in [0.25, 0.3) is 0 Å². The number of carbonyl (C=O) groups excluding carboxylic acids is 1. The number of halogens is 2. The third kappa shape index (κ3) is 4.60. The van der Waals surface area contributed by atoms with Gasteiger partial charge in [-0.15, -0.1) is 0 Å². The van der Waals surface area contributed by atoms with Gasteiger partial charge in [0.05, 0.1) is 6.04 Å². The smallest absolute Gasteiger partial charge is 0.239 e. The first-order chi connectivity index (χ1) is 11.0. The topological polar surface area (TPSA) is 46.3 Å². The van der Waals surface area contributed by atoms with Gasteiger partial charge in [-0.05, 0) is 30.5 Å². The maximum absolute atomic E-state index is 13.6. The number of nitrogens with two attached hydrogens (primary N) is 1. The highest BCUT2D eigenvalue weighted by Crippen LogP contribution is 2.12. The number of aryl methyl sites for hydroxylation is 1. The summed E-state index contributed by atoms with van der Waals surface area (Å²) in [4.78, 5) is 13.6. The van der Waals surface area contributed by atoms with E-state index >= 15 is 0 Å². The molecule has 3 nitrogen and oxygen atoms in total. The van der Waals surface area contributed by atoms with E-state index in [0.29, 0.717) is 24.0 Å². The minimum atomic E-state index is -0.744. The molecule has 1 unspecified atom stereocenters. The Bertz CT molecular complexity index is 676. The molecule has 0 aromatic heterocycles. The predicted octanol–water partition coefficient (Wildman–Crippen LogP) is 2.88. The second-order valence-electron chi connectivity index (χ2n) is 5.52. The summed E-state index contributed by atoms with van der Waals surface area (Å²) in [6, 6.07) is 12.0. The molecule has 0 aliphatic carbocycles. The van der Waals surface area contributed by atoms with Crippen molar-refractivity contribution in [3.63, 3.8) is 0 Å². The van der Waals surface area contributed by atoms with Crippen LogP contribution in [0.1, 0.15) is 17.5 Å². The van der Waals surface area contributed by atoms with Gasteiger partial charge in [-0.2, -0.15) is 0 Å². The minimum absolute atomic E-state index is 0.152. The highest BCUT2D eigenvalue weighted by Gasteiger charge is 2.19. The quantitative estimate of drug-likeness (QED) is 0.890. The van der Waals surface area contributed by atoms with E-state index in [2.05, 4.69) is 0 Å². The van der Waals surface area contributed by atoms with Gasteiger partial charge in [0, 0.05) is 19.2 Å². The highest BCUT2D eigenvalue weighted by molar-refractivity contribution is 5.81. The van der Waals surface area contributed by atoms with E-state index in [1.54, 1.807) is 43.4 Å². The van der Waals surface area contributed by atoms with Crippen LogP contribution >= 0.6 is 0 Å². The molecule has 2 rings (SSSR count). The summed E-state index contributed by atoms with van der Waals surface area (Å²) < 4.78 is 27.2. The third-order valence-electron chi connectivity index (χ3n) is 3.74. The van der Waals surface area contributed by atoms with Crippen molar-refractivity contribution in [3.05, 3.63) is 71.3 Å². The first-order valence-electron chi connectivity index (χ1n) is 7.46.